The van der Waals surface area contributed by atoms with Gasteiger partial charge in [0.15, 0.2) is 0 Å². The summed E-state index contributed by atoms with van der Waals surface area (Å²) in [5, 5.41) is 0.721. The largest absolute Gasteiger partial charge is 0.465 e. The molecule has 52 valence electrons. The number of halogens is 1. The van der Waals surface area contributed by atoms with Gasteiger partial charge in [0.2, 0.25) is 0 Å². The molecule has 2 nitrogen and oxygen atoms in total. The number of hydrogen-bond acceptors (Lipinski definition) is 2. The lowest BCUT2D eigenvalue weighted by atomic mass is 10.5. The van der Waals surface area contributed by atoms with Gasteiger partial charge in [-0.3, -0.25) is 4.79 Å². The molecule has 0 aromatic rings. The van der Waals surface area contributed by atoms with E-state index in [4.69, 9.17) is 0 Å². The molecule has 0 bridgehead atoms. The molecule has 0 unspecified atom stereocenters. The van der Waals surface area contributed by atoms with Crippen LogP contribution >= 0.6 is 15.9 Å². The molecule has 0 N–H and O–H groups in total. The van der Waals surface area contributed by atoms with Crippen molar-refractivity contribution in [2.75, 3.05) is 11.9 Å². The summed E-state index contributed by atoms with van der Waals surface area (Å²) >= 11 is 3.13. The summed E-state index contributed by atoms with van der Waals surface area (Å²) in [5.74, 6) is -0.135. The van der Waals surface area contributed by atoms with E-state index in [1.54, 1.807) is 6.92 Å². The molecular formula is C6H9BrO2. The zero-order valence-corrected chi connectivity index (χ0v) is 6.90. The molecule has 0 saturated heterocycles. The molecule has 0 aliphatic carbocycles. The summed E-state index contributed by atoms with van der Waals surface area (Å²) in [6, 6.07) is 0. The van der Waals surface area contributed by atoms with Gasteiger partial charge in [-0.15, -0.1) is 0 Å². The standard InChI is InChI=1S/C5H9BrO2.C/c1-2-5(7)8-4-3-6;/h2-4H2,1H3;. The van der Waals surface area contributed by atoms with E-state index in [2.05, 4.69) is 20.7 Å². The van der Waals surface area contributed by atoms with Crippen molar-refractivity contribution < 1.29 is 9.53 Å². The maximum absolute atomic E-state index is 10.3. The normalized spacial score (nSPS) is 7.78. The van der Waals surface area contributed by atoms with Crippen LogP contribution in [0.25, 0.3) is 0 Å². The first-order valence-electron chi connectivity index (χ1n) is 2.52. The van der Waals surface area contributed by atoms with Crippen molar-refractivity contribution >= 4 is 21.9 Å². The monoisotopic (exact) mass is 192 g/mol. The van der Waals surface area contributed by atoms with Crippen LogP contribution in [0.15, 0.2) is 0 Å². The second-order valence-electron chi connectivity index (χ2n) is 1.26. The van der Waals surface area contributed by atoms with Gasteiger partial charge in [0, 0.05) is 19.2 Å². The Hall–Kier alpha value is -0.0500. The Morgan fingerprint density at radius 3 is 2.56 bits per heavy atom. The van der Waals surface area contributed by atoms with E-state index in [1.807, 2.05) is 0 Å². The van der Waals surface area contributed by atoms with E-state index >= 15 is 0 Å². The van der Waals surface area contributed by atoms with E-state index in [1.165, 1.54) is 0 Å². The van der Waals surface area contributed by atoms with Crippen LogP contribution in [0.5, 0.6) is 0 Å². The van der Waals surface area contributed by atoms with Crippen molar-refractivity contribution in [1.29, 1.82) is 0 Å². The molecule has 0 amide bonds. The van der Waals surface area contributed by atoms with Crippen LogP contribution in [0.1, 0.15) is 13.3 Å². The first kappa shape index (κ1) is 11.7. The number of rotatable bonds is 3. The predicted octanol–water partition coefficient (Wildman–Crippen LogP) is 1.42. The summed E-state index contributed by atoms with van der Waals surface area (Å²) in [6.45, 7) is 2.25. The van der Waals surface area contributed by atoms with E-state index in [9.17, 15) is 4.79 Å². The van der Waals surface area contributed by atoms with Gasteiger partial charge in [-0.05, 0) is 0 Å². The molecule has 0 spiro atoms. The molecule has 0 aromatic heterocycles. The molecule has 0 fully saturated rings. The molecular weight excluding hydrogens is 184 g/mol. The van der Waals surface area contributed by atoms with Crippen LogP contribution in [0.3, 0.4) is 0 Å². The van der Waals surface area contributed by atoms with Gasteiger partial charge in [-0.1, -0.05) is 22.9 Å². The molecule has 4 radical (unpaired) electrons. The Morgan fingerprint density at radius 2 is 2.22 bits per heavy atom. The first-order valence-corrected chi connectivity index (χ1v) is 3.65. The van der Waals surface area contributed by atoms with Crippen molar-refractivity contribution in [2.45, 2.75) is 13.3 Å². The maximum atomic E-state index is 10.3. The third kappa shape index (κ3) is 7.95. The van der Waals surface area contributed by atoms with Gasteiger partial charge in [-0.2, -0.15) is 0 Å². The fourth-order valence-electron chi connectivity index (χ4n) is 0.254. The zero-order valence-electron chi connectivity index (χ0n) is 5.32. The van der Waals surface area contributed by atoms with E-state index < -0.39 is 0 Å². The SMILES string of the molecule is CCC(=O)OCCBr.[C]. The lowest BCUT2D eigenvalue weighted by Gasteiger charge is -1.96. The Kier molecular flexibility index (Phi) is 10.3. The highest BCUT2D eigenvalue weighted by atomic mass is 79.9. The van der Waals surface area contributed by atoms with E-state index in [0.29, 0.717) is 13.0 Å². The van der Waals surface area contributed by atoms with Crippen LogP contribution < -0.4 is 0 Å². The quantitative estimate of drug-likeness (QED) is 0.500. The molecule has 0 aliphatic heterocycles. The highest BCUT2D eigenvalue weighted by Gasteiger charge is 1.93. The van der Waals surface area contributed by atoms with Crippen LogP contribution in [0.2, 0.25) is 0 Å². The molecule has 0 atom stereocenters. The molecule has 0 heterocycles. The van der Waals surface area contributed by atoms with Crippen LogP contribution in [-0.2, 0) is 9.53 Å². The van der Waals surface area contributed by atoms with Crippen molar-refractivity contribution in [3.63, 3.8) is 0 Å². The Bertz CT molecular complexity index is 73.5. The summed E-state index contributed by atoms with van der Waals surface area (Å²) in [6.07, 6.45) is 0.465. The summed E-state index contributed by atoms with van der Waals surface area (Å²) < 4.78 is 4.65. The van der Waals surface area contributed by atoms with Gasteiger partial charge in [0.1, 0.15) is 6.61 Å². The van der Waals surface area contributed by atoms with Gasteiger partial charge >= 0.3 is 5.97 Å². The smallest absolute Gasteiger partial charge is 0.305 e. The molecule has 0 rings (SSSR count). The summed E-state index contributed by atoms with van der Waals surface area (Å²) in [5.41, 5.74) is 0. The number of carbonyl (C=O) groups excluding carboxylic acids is 1. The lowest BCUT2D eigenvalue weighted by molar-refractivity contribution is -0.142. The Balaban J connectivity index is 0. The fourth-order valence-corrected chi connectivity index (χ4v) is 0.416. The average molecular weight is 193 g/mol. The lowest BCUT2D eigenvalue weighted by Crippen LogP contribution is -2.03. The number of hydrogen-bond donors (Lipinski definition) is 0. The minimum absolute atomic E-state index is 0. The third-order valence-corrected chi connectivity index (χ3v) is 0.953. The number of carbonyl (C=O) groups is 1. The summed E-state index contributed by atoms with van der Waals surface area (Å²) in [4.78, 5) is 10.3. The third-order valence-electron chi connectivity index (χ3n) is 0.629. The number of alkyl halides is 1. The van der Waals surface area contributed by atoms with Gasteiger partial charge in [-0.25, -0.2) is 0 Å². The van der Waals surface area contributed by atoms with Gasteiger partial charge in [0.25, 0.3) is 0 Å². The maximum Gasteiger partial charge on any atom is 0.305 e. The summed E-state index contributed by atoms with van der Waals surface area (Å²) in [7, 11) is 0. The fraction of sp³-hybridized carbons (Fsp3) is 0.667. The second-order valence-corrected chi connectivity index (χ2v) is 2.06. The second kappa shape index (κ2) is 7.95. The number of ether oxygens (including phenoxy) is 1. The Labute approximate surface area is 64.7 Å². The molecule has 0 saturated carbocycles. The van der Waals surface area contributed by atoms with Crippen LogP contribution in [0, 0.1) is 7.43 Å². The minimum Gasteiger partial charge on any atom is -0.465 e. The topological polar surface area (TPSA) is 26.3 Å². The van der Waals surface area contributed by atoms with E-state index in [0.717, 1.165) is 5.33 Å². The van der Waals surface area contributed by atoms with Crippen molar-refractivity contribution in [2.24, 2.45) is 0 Å². The molecule has 9 heavy (non-hydrogen) atoms. The van der Waals surface area contributed by atoms with Gasteiger partial charge in [0.05, 0.1) is 0 Å². The van der Waals surface area contributed by atoms with Crippen LogP contribution in [-0.4, -0.2) is 17.9 Å². The predicted molar refractivity (Wildman–Crippen MR) is 38.3 cm³/mol. The van der Waals surface area contributed by atoms with E-state index in [-0.39, 0.29) is 13.4 Å². The van der Waals surface area contributed by atoms with Crippen molar-refractivity contribution in [3.8, 4) is 0 Å². The first-order chi connectivity index (χ1) is 3.81. The zero-order chi connectivity index (χ0) is 6.41. The highest BCUT2D eigenvalue weighted by molar-refractivity contribution is 9.09. The molecule has 0 aromatic carbocycles. The minimum atomic E-state index is -0.135. The van der Waals surface area contributed by atoms with Crippen LogP contribution in [0.4, 0.5) is 0 Å². The van der Waals surface area contributed by atoms with Gasteiger partial charge < -0.3 is 4.74 Å². The van der Waals surface area contributed by atoms with Crippen molar-refractivity contribution in [3.05, 3.63) is 7.43 Å². The average Bonchev–Trinajstić information content (AvgIpc) is 1.83. The highest BCUT2D eigenvalue weighted by Crippen LogP contribution is 1.85. The molecule has 3 heteroatoms. The Morgan fingerprint density at radius 1 is 1.67 bits per heavy atom. The number of esters is 1. The van der Waals surface area contributed by atoms with Crippen molar-refractivity contribution in [1.82, 2.24) is 0 Å². The molecule has 0 aliphatic rings.